The summed E-state index contributed by atoms with van der Waals surface area (Å²) in [7, 11) is 0. The van der Waals surface area contributed by atoms with Crippen LogP contribution < -0.4 is 0 Å². The number of aromatic amines is 1. The lowest BCUT2D eigenvalue weighted by Crippen LogP contribution is -2.45. The van der Waals surface area contributed by atoms with Crippen LogP contribution >= 0.6 is 0 Å². The first kappa shape index (κ1) is 16.6. The van der Waals surface area contributed by atoms with Gasteiger partial charge in [0.1, 0.15) is 11.9 Å². The summed E-state index contributed by atoms with van der Waals surface area (Å²) in [5.74, 6) is 1.25. The number of rotatable bonds is 6. The van der Waals surface area contributed by atoms with Crippen LogP contribution in [-0.2, 0) is 4.79 Å². The number of carboxylic acids is 1. The predicted molar refractivity (Wildman–Crippen MR) is 91.7 cm³/mol. The number of hydrogen-bond donors (Lipinski definition) is 2. The zero-order valence-corrected chi connectivity index (χ0v) is 14.0. The molecule has 1 aliphatic rings. The quantitative estimate of drug-likeness (QED) is 0.852. The summed E-state index contributed by atoms with van der Waals surface area (Å²) in [6.45, 7) is 3.62. The van der Waals surface area contributed by atoms with Gasteiger partial charge < -0.3 is 5.11 Å². The number of H-pyrrole nitrogens is 1. The topological polar surface area (TPSA) is 82.1 Å². The normalized spacial score (nSPS) is 17.7. The summed E-state index contributed by atoms with van der Waals surface area (Å²) in [4.78, 5) is 18.2. The number of nitrogens with one attached hydrogen (secondary N) is 1. The van der Waals surface area contributed by atoms with Gasteiger partial charge in [-0.25, -0.2) is 4.98 Å². The highest BCUT2D eigenvalue weighted by molar-refractivity contribution is 5.73. The Hall–Kier alpha value is -2.21. The lowest BCUT2D eigenvalue weighted by Gasteiger charge is -2.34. The first-order valence-corrected chi connectivity index (χ1v) is 8.63. The van der Waals surface area contributed by atoms with Crippen LogP contribution in [0.3, 0.4) is 0 Å². The molecular formula is C18H24N4O2. The Kier molecular flexibility index (Phi) is 5.25. The number of aromatic nitrogens is 3. The fraction of sp³-hybridized carbons (Fsp3) is 0.500. The van der Waals surface area contributed by atoms with E-state index < -0.39 is 5.97 Å². The highest BCUT2D eigenvalue weighted by atomic mass is 16.4. The lowest BCUT2D eigenvalue weighted by atomic mass is 9.94. The van der Waals surface area contributed by atoms with Crippen molar-refractivity contribution >= 4 is 5.97 Å². The molecule has 1 fully saturated rings. The standard InChI is InChI=1S/C18H24N4O2/c1-2-6-15(18(23)24)22-11-9-14(10-12-22)17-19-16(20-21-17)13-7-4-3-5-8-13/h3-5,7-8,14-15H,2,6,9-12H2,1H3,(H,23,24)(H,19,20,21). The van der Waals surface area contributed by atoms with Crippen LogP contribution in [0.25, 0.3) is 11.4 Å². The molecule has 24 heavy (non-hydrogen) atoms. The largest absolute Gasteiger partial charge is 0.480 e. The SMILES string of the molecule is CCCC(C(=O)O)N1CCC(c2nc(-c3ccccc3)n[nH]2)CC1. The van der Waals surface area contributed by atoms with Gasteiger partial charge in [0.2, 0.25) is 0 Å². The Balaban J connectivity index is 1.63. The van der Waals surface area contributed by atoms with Crippen molar-refractivity contribution in [1.82, 2.24) is 20.1 Å². The predicted octanol–water partition coefficient (Wildman–Crippen LogP) is 2.90. The summed E-state index contributed by atoms with van der Waals surface area (Å²) >= 11 is 0. The van der Waals surface area contributed by atoms with Gasteiger partial charge in [-0.1, -0.05) is 43.7 Å². The van der Waals surface area contributed by atoms with Gasteiger partial charge >= 0.3 is 5.97 Å². The summed E-state index contributed by atoms with van der Waals surface area (Å²) in [6, 6.07) is 9.57. The van der Waals surface area contributed by atoms with Gasteiger partial charge in [0.05, 0.1) is 0 Å². The van der Waals surface area contributed by atoms with E-state index in [1.165, 1.54) is 0 Å². The third-order valence-corrected chi connectivity index (χ3v) is 4.74. The maximum Gasteiger partial charge on any atom is 0.320 e. The maximum atomic E-state index is 11.4. The van der Waals surface area contributed by atoms with Crippen molar-refractivity contribution in [1.29, 1.82) is 0 Å². The molecule has 0 aliphatic carbocycles. The molecule has 1 aliphatic heterocycles. The molecule has 128 valence electrons. The first-order valence-electron chi connectivity index (χ1n) is 8.63. The summed E-state index contributed by atoms with van der Waals surface area (Å²) < 4.78 is 0. The lowest BCUT2D eigenvalue weighted by molar-refractivity contribution is -0.144. The maximum absolute atomic E-state index is 11.4. The number of likely N-dealkylation sites (tertiary alicyclic amines) is 1. The molecule has 6 heteroatoms. The van der Waals surface area contributed by atoms with Crippen LogP contribution in [0.4, 0.5) is 0 Å². The number of piperidine rings is 1. The Morgan fingerprint density at radius 1 is 1.33 bits per heavy atom. The van der Waals surface area contributed by atoms with Crippen molar-refractivity contribution in [3.63, 3.8) is 0 Å². The van der Waals surface area contributed by atoms with E-state index in [1.807, 2.05) is 37.3 Å². The van der Waals surface area contributed by atoms with Crippen molar-refractivity contribution in [2.75, 3.05) is 13.1 Å². The minimum Gasteiger partial charge on any atom is -0.480 e. The van der Waals surface area contributed by atoms with Crippen LogP contribution in [0.1, 0.15) is 44.3 Å². The van der Waals surface area contributed by atoms with Crippen molar-refractivity contribution in [2.45, 2.75) is 44.6 Å². The second kappa shape index (κ2) is 7.57. The molecule has 0 spiro atoms. The number of nitrogens with zero attached hydrogens (tertiary/aromatic N) is 3. The molecule has 2 heterocycles. The van der Waals surface area contributed by atoms with E-state index in [4.69, 9.17) is 0 Å². The molecule has 1 aromatic carbocycles. The molecule has 1 unspecified atom stereocenters. The second-order valence-corrected chi connectivity index (χ2v) is 6.36. The molecule has 0 saturated carbocycles. The fourth-order valence-electron chi connectivity index (χ4n) is 3.39. The Bertz CT molecular complexity index is 663. The van der Waals surface area contributed by atoms with E-state index in [0.717, 1.165) is 49.6 Å². The zero-order chi connectivity index (χ0) is 16.9. The average Bonchev–Trinajstić information content (AvgIpc) is 3.10. The number of benzene rings is 1. The summed E-state index contributed by atoms with van der Waals surface area (Å²) in [5, 5.41) is 16.8. The summed E-state index contributed by atoms with van der Waals surface area (Å²) in [5.41, 5.74) is 1.01. The molecule has 1 saturated heterocycles. The Labute approximate surface area is 141 Å². The molecule has 0 radical (unpaired) electrons. The van der Waals surface area contributed by atoms with Crippen molar-refractivity contribution in [2.24, 2.45) is 0 Å². The summed E-state index contributed by atoms with van der Waals surface area (Å²) in [6.07, 6.45) is 3.42. The van der Waals surface area contributed by atoms with Gasteiger partial charge in [0.25, 0.3) is 0 Å². The van der Waals surface area contributed by atoms with Crippen molar-refractivity contribution in [3.05, 3.63) is 36.2 Å². The van der Waals surface area contributed by atoms with Gasteiger partial charge in [-0.2, -0.15) is 5.10 Å². The van der Waals surface area contributed by atoms with E-state index in [-0.39, 0.29) is 6.04 Å². The minimum atomic E-state index is -0.707. The average molecular weight is 328 g/mol. The molecule has 1 aromatic heterocycles. The van der Waals surface area contributed by atoms with E-state index in [9.17, 15) is 9.90 Å². The van der Waals surface area contributed by atoms with E-state index in [0.29, 0.717) is 12.3 Å². The molecule has 3 rings (SSSR count). The first-order chi connectivity index (χ1) is 11.7. The van der Waals surface area contributed by atoms with Crippen molar-refractivity contribution in [3.8, 4) is 11.4 Å². The molecule has 6 nitrogen and oxygen atoms in total. The molecule has 0 amide bonds. The molecule has 2 aromatic rings. The third-order valence-electron chi connectivity index (χ3n) is 4.74. The van der Waals surface area contributed by atoms with E-state index in [1.54, 1.807) is 0 Å². The van der Waals surface area contributed by atoms with Gasteiger partial charge in [-0.15, -0.1) is 0 Å². The number of aliphatic carboxylic acids is 1. The number of carbonyl (C=O) groups is 1. The van der Waals surface area contributed by atoms with Gasteiger partial charge in [-0.3, -0.25) is 14.8 Å². The zero-order valence-electron chi connectivity index (χ0n) is 14.0. The van der Waals surface area contributed by atoms with Gasteiger partial charge in [0.15, 0.2) is 5.82 Å². The van der Waals surface area contributed by atoms with E-state index in [2.05, 4.69) is 20.1 Å². The number of carboxylic acid groups (broad SMARTS) is 1. The highest BCUT2D eigenvalue weighted by Gasteiger charge is 2.30. The van der Waals surface area contributed by atoms with E-state index >= 15 is 0 Å². The van der Waals surface area contributed by atoms with Gasteiger partial charge in [0, 0.05) is 11.5 Å². The fourth-order valence-corrected chi connectivity index (χ4v) is 3.39. The molecule has 2 N–H and O–H groups in total. The van der Waals surface area contributed by atoms with Crippen LogP contribution in [0, 0.1) is 0 Å². The molecule has 0 bridgehead atoms. The Morgan fingerprint density at radius 2 is 2.04 bits per heavy atom. The minimum absolute atomic E-state index is 0.322. The second-order valence-electron chi connectivity index (χ2n) is 6.36. The smallest absolute Gasteiger partial charge is 0.320 e. The third kappa shape index (κ3) is 3.64. The van der Waals surface area contributed by atoms with Crippen LogP contribution in [-0.4, -0.2) is 50.3 Å². The molecular weight excluding hydrogens is 304 g/mol. The highest BCUT2D eigenvalue weighted by Crippen LogP contribution is 2.28. The van der Waals surface area contributed by atoms with Crippen LogP contribution in [0.15, 0.2) is 30.3 Å². The van der Waals surface area contributed by atoms with Gasteiger partial charge in [-0.05, 0) is 32.4 Å². The van der Waals surface area contributed by atoms with Crippen LogP contribution in [0.5, 0.6) is 0 Å². The molecule has 1 atom stereocenters. The number of hydrogen-bond acceptors (Lipinski definition) is 4. The Morgan fingerprint density at radius 3 is 2.67 bits per heavy atom. The van der Waals surface area contributed by atoms with Crippen molar-refractivity contribution < 1.29 is 9.90 Å². The van der Waals surface area contributed by atoms with Crippen LogP contribution in [0.2, 0.25) is 0 Å². The monoisotopic (exact) mass is 328 g/mol.